The van der Waals surface area contributed by atoms with E-state index >= 15 is 0 Å². The number of esters is 1. The van der Waals surface area contributed by atoms with E-state index in [9.17, 15) is 25.0 Å². The van der Waals surface area contributed by atoms with Crippen molar-refractivity contribution in [3.63, 3.8) is 0 Å². The van der Waals surface area contributed by atoms with Crippen molar-refractivity contribution in [2.45, 2.75) is 12.6 Å². The van der Waals surface area contributed by atoms with Crippen molar-refractivity contribution >= 4 is 11.9 Å². The fraction of sp³-hybridized carbons (Fsp3) is 0.667. The van der Waals surface area contributed by atoms with E-state index in [4.69, 9.17) is 0 Å². The van der Waals surface area contributed by atoms with Gasteiger partial charge in [-0.15, -0.1) is 0 Å². The van der Waals surface area contributed by atoms with Crippen LogP contribution >= 0.6 is 0 Å². The van der Waals surface area contributed by atoms with Crippen LogP contribution in [0.4, 0.5) is 0 Å². The molecule has 0 atom stereocenters. The fourth-order valence-electron chi connectivity index (χ4n) is 1.06. The zero-order valence-electron chi connectivity index (χ0n) is 8.11. The Kier molecular flexibility index (Phi) is 3.13. The van der Waals surface area contributed by atoms with Crippen LogP contribution in [0.1, 0.15) is 6.92 Å². The van der Waals surface area contributed by atoms with Crippen molar-refractivity contribution in [1.82, 2.24) is 0 Å². The largest absolute Gasteiger partial charge is 0.555 e. The lowest BCUT2D eigenvalue weighted by atomic mass is 10.2. The summed E-state index contributed by atoms with van der Waals surface area (Å²) in [5.41, 5.74) is -2.84. The molecule has 1 heterocycles. The van der Waals surface area contributed by atoms with Gasteiger partial charge in [-0.3, -0.25) is 25.0 Å². The Bertz CT molecular complexity index is 362. The smallest absolute Gasteiger partial charge is 0.398 e. The normalized spacial score (nSPS) is 18.4. The number of hydrogen-bond acceptors (Lipinski definition) is 8. The van der Waals surface area contributed by atoms with Crippen molar-refractivity contribution < 1.29 is 24.1 Å². The van der Waals surface area contributed by atoms with Crippen LogP contribution in [0.25, 0.3) is 0 Å². The number of carbonyl (C=O) groups excluding carboxylic acids is 1. The minimum Gasteiger partial charge on any atom is -0.398 e. The molecule has 0 N–H and O–H groups in total. The number of nitro groups is 2. The first-order chi connectivity index (χ1) is 7.41. The van der Waals surface area contributed by atoms with Crippen LogP contribution in [0.3, 0.4) is 0 Å². The highest BCUT2D eigenvalue weighted by Crippen LogP contribution is 2.19. The van der Waals surface area contributed by atoms with E-state index in [-0.39, 0.29) is 6.73 Å². The van der Waals surface area contributed by atoms with E-state index in [1.807, 2.05) is 0 Å². The molecule has 0 saturated heterocycles. The van der Waals surface area contributed by atoms with E-state index in [1.165, 1.54) is 0 Å². The second-order valence-corrected chi connectivity index (χ2v) is 2.87. The highest BCUT2D eigenvalue weighted by atomic mass is 16.7. The van der Waals surface area contributed by atoms with Crippen LogP contribution in [0.5, 0.6) is 0 Å². The molecule has 0 aromatic rings. The zero-order chi connectivity index (χ0) is 12.3. The summed E-state index contributed by atoms with van der Waals surface area (Å²) in [5.74, 6) is -1.78. The molecule has 0 unspecified atom stereocenters. The number of carbonyl (C=O) groups is 1. The summed E-state index contributed by atoms with van der Waals surface area (Å²) < 4.78 is 8.94. The summed E-state index contributed by atoms with van der Waals surface area (Å²) in [5, 5.41) is 21.4. The van der Waals surface area contributed by atoms with Crippen molar-refractivity contribution in [3.05, 3.63) is 20.2 Å². The van der Waals surface area contributed by atoms with E-state index in [0.717, 1.165) is 6.92 Å². The lowest BCUT2D eigenvalue weighted by molar-refractivity contribution is -0.777. The summed E-state index contributed by atoms with van der Waals surface area (Å²) in [6, 6.07) is 0. The van der Waals surface area contributed by atoms with Crippen LogP contribution in [-0.2, 0) is 14.3 Å². The predicted octanol–water partition coefficient (Wildman–Crippen LogP) is -0.815. The molecule has 0 spiro atoms. The molecule has 16 heavy (non-hydrogen) atoms. The summed E-state index contributed by atoms with van der Waals surface area (Å²) in [4.78, 5) is 33.0. The Balaban J connectivity index is 3.18. The summed E-state index contributed by atoms with van der Waals surface area (Å²) >= 11 is 0. The van der Waals surface area contributed by atoms with E-state index < -0.39 is 34.0 Å². The molecule has 0 aromatic heterocycles. The van der Waals surface area contributed by atoms with Crippen LogP contribution in [-0.4, -0.2) is 40.7 Å². The van der Waals surface area contributed by atoms with Gasteiger partial charge in [0.25, 0.3) is 0 Å². The molecule has 10 nitrogen and oxygen atoms in total. The summed E-state index contributed by atoms with van der Waals surface area (Å²) in [6.07, 6.45) is 0. The molecule has 1 aliphatic heterocycles. The average Bonchev–Trinajstić information content (AvgIpc) is 2.16. The quantitative estimate of drug-likeness (QED) is 0.263. The van der Waals surface area contributed by atoms with E-state index in [2.05, 4.69) is 14.5 Å². The second kappa shape index (κ2) is 4.18. The maximum Gasteiger partial charge on any atom is 0.555 e. The van der Waals surface area contributed by atoms with Gasteiger partial charge in [0.2, 0.25) is 6.61 Å². The van der Waals surface area contributed by atoms with Gasteiger partial charge in [0.1, 0.15) is 16.6 Å². The highest BCUT2D eigenvalue weighted by molar-refractivity contribution is 5.92. The molecule has 0 amide bonds. The molecule has 0 bridgehead atoms. The van der Waals surface area contributed by atoms with E-state index in [1.54, 1.807) is 0 Å². The minimum atomic E-state index is -2.84. The molecule has 0 fully saturated rings. The molecule has 88 valence electrons. The highest BCUT2D eigenvalue weighted by Gasteiger charge is 2.66. The van der Waals surface area contributed by atoms with Crippen LogP contribution in [0.15, 0.2) is 4.99 Å². The number of aliphatic imine (C=N–C) groups is 1. The molecule has 0 radical (unpaired) electrons. The zero-order valence-corrected chi connectivity index (χ0v) is 8.11. The van der Waals surface area contributed by atoms with Crippen LogP contribution in [0.2, 0.25) is 0 Å². The Morgan fingerprint density at radius 2 is 2.06 bits per heavy atom. The number of nitrogens with zero attached hydrogens (tertiary/aromatic N) is 3. The van der Waals surface area contributed by atoms with Gasteiger partial charge in [-0.2, -0.15) is 0 Å². The molecule has 0 saturated carbocycles. The Morgan fingerprint density at radius 3 is 2.50 bits per heavy atom. The molecular formula is C6H7N3O7. The molecule has 0 aromatic carbocycles. The third-order valence-corrected chi connectivity index (χ3v) is 1.79. The molecular weight excluding hydrogens is 226 g/mol. The van der Waals surface area contributed by atoms with Gasteiger partial charge in [0, 0.05) is 6.92 Å². The first-order valence-electron chi connectivity index (χ1n) is 4.01. The van der Waals surface area contributed by atoms with E-state index in [0.29, 0.717) is 0 Å². The summed E-state index contributed by atoms with van der Waals surface area (Å²) in [6.45, 7) is -0.201. The van der Waals surface area contributed by atoms with Gasteiger partial charge in [0.15, 0.2) is 0 Å². The fourth-order valence-corrected chi connectivity index (χ4v) is 1.06. The lowest BCUT2D eigenvalue weighted by Crippen LogP contribution is -2.59. The van der Waals surface area contributed by atoms with Gasteiger partial charge in [-0.25, -0.2) is 4.99 Å². The Morgan fingerprint density at radius 1 is 1.50 bits per heavy atom. The van der Waals surface area contributed by atoms with Gasteiger partial charge in [-0.1, -0.05) is 0 Å². The SMILES string of the molecule is CC(=O)OC1=NCOCC1([N+](=O)[O-])[N+](=O)[O-]. The molecule has 0 aliphatic carbocycles. The van der Waals surface area contributed by atoms with Gasteiger partial charge < -0.3 is 9.47 Å². The van der Waals surface area contributed by atoms with Gasteiger partial charge in [0.05, 0.1) is 0 Å². The van der Waals surface area contributed by atoms with Gasteiger partial charge in [-0.05, 0) is 0 Å². The first kappa shape index (κ1) is 12.0. The van der Waals surface area contributed by atoms with Crippen molar-refractivity contribution in [2.75, 3.05) is 13.3 Å². The lowest BCUT2D eigenvalue weighted by Gasteiger charge is -2.20. The van der Waals surface area contributed by atoms with Crippen LogP contribution in [0, 0.1) is 20.2 Å². The number of hydrogen-bond donors (Lipinski definition) is 0. The minimum absolute atomic E-state index is 0.327. The average molecular weight is 233 g/mol. The van der Waals surface area contributed by atoms with Crippen molar-refractivity contribution in [3.8, 4) is 0 Å². The van der Waals surface area contributed by atoms with Gasteiger partial charge >= 0.3 is 17.5 Å². The Labute approximate surface area is 88.1 Å². The summed E-state index contributed by atoms with van der Waals surface area (Å²) in [7, 11) is 0. The van der Waals surface area contributed by atoms with Crippen molar-refractivity contribution in [2.24, 2.45) is 4.99 Å². The predicted molar refractivity (Wildman–Crippen MR) is 46.7 cm³/mol. The monoisotopic (exact) mass is 233 g/mol. The number of rotatable bonds is 2. The second-order valence-electron chi connectivity index (χ2n) is 2.87. The standard InChI is InChI=1S/C6H7N3O7/c1-4(10)16-5-6(8(11)12,9(13)14)2-15-3-7-5/h2-3H2,1H3. The first-order valence-corrected chi connectivity index (χ1v) is 4.01. The number of ether oxygens (including phenoxy) is 2. The maximum absolute atomic E-state index is 10.7. The van der Waals surface area contributed by atoms with Crippen LogP contribution < -0.4 is 0 Å². The topological polar surface area (TPSA) is 134 Å². The maximum atomic E-state index is 10.7. The molecule has 10 heteroatoms. The molecule has 1 aliphatic rings. The third kappa shape index (κ3) is 1.82. The third-order valence-electron chi connectivity index (χ3n) is 1.79. The van der Waals surface area contributed by atoms with Crippen molar-refractivity contribution in [1.29, 1.82) is 0 Å². The molecule has 1 rings (SSSR count). The Hall–Kier alpha value is -2.10.